The van der Waals surface area contributed by atoms with E-state index in [4.69, 9.17) is 20.9 Å². The second-order valence-electron chi connectivity index (χ2n) is 4.54. The van der Waals surface area contributed by atoms with Gasteiger partial charge in [0.05, 0.1) is 14.2 Å². The zero-order valence-electron chi connectivity index (χ0n) is 12.0. The van der Waals surface area contributed by atoms with Crippen LogP contribution in [0.2, 0.25) is 0 Å². The van der Waals surface area contributed by atoms with Crippen LogP contribution in [0.15, 0.2) is 12.1 Å². The third-order valence-electron chi connectivity index (χ3n) is 3.14. The summed E-state index contributed by atoms with van der Waals surface area (Å²) in [4.78, 5) is 0. The maximum Gasteiger partial charge on any atom is 0.128 e. The van der Waals surface area contributed by atoms with Crippen LogP contribution in [0.5, 0.6) is 11.5 Å². The van der Waals surface area contributed by atoms with E-state index in [9.17, 15) is 0 Å². The highest BCUT2D eigenvalue weighted by Gasteiger charge is 2.10. The van der Waals surface area contributed by atoms with Gasteiger partial charge in [-0.25, -0.2) is 0 Å². The first-order chi connectivity index (χ1) is 9.13. The van der Waals surface area contributed by atoms with Crippen molar-refractivity contribution in [2.75, 3.05) is 33.9 Å². The summed E-state index contributed by atoms with van der Waals surface area (Å²) in [6.07, 6.45) is 0.880. The van der Waals surface area contributed by atoms with Crippen LogP contribution in [0.1, 0.15) is 11.1 Å². The molecule has 0 aliphatic heterocycles. The molecule has 5 N–H and O–H groups in total. The molecule has 1 atom stereocenters. The first-order valence-electron chi connectivity index (χ1n) is 6.50. The van der Waals surface area contributed by atoms with E-state index in [1.165, 1.54) is 0 Å². The molecule has 0 saturated heterocycles. The van der Waals surface area contributed by atoms with E-state index in [1.807, 2.05) is 19.1 Å². The van der Waals surface area contributed by atoms with Crippen molar-refractivity contribution in [1.29, 1.82) is 0 Å². The largest absolute Gasteiger partial charge is 0.496 e. The smallest absolute Gasteiger partial charge is 0.128 e. The Hall–Kier alpha value is -1.30. The van der Waals surface area contributed by atoms with Crippen molar-refractivity contribution in [3.63, 3.8) is 0 Å². The number of nitrogens with one attached hydrogen (secondary N) is 1. The molecule has 0 aliphatic rings. The molecule has 0 fully saturated rings. The topological polar surface area (TPSA) is 82.5 Å². The van der Waals surface area contributed by atoms with Crippen LogP contribution in [-0.4, -0.2) is 39.9 Å². The van der Waals surface area contributed by atoms with Gasteiger partial charge in [-0.3, -0.25) is 0 Å². The highest BCUT2D eigenvalue weighted by Crippen LogP contribution is 2.31. The van der Waals surface area contributed by atoms with E-state index in [0.717, 1.165) is 42.1 Å². The van der Waals surface area contributed by atoms with Crippen molar-refractivity contribution < 1.29 is 9.47 Å². The Bertz CT molecular complexity index is 397. The Morgan fingerprint density at radius 2 is 2.00 bits per heavy atom. The number of rotatable bonds is 8. The molecule has 19 heavy (non-hydrogen) atoms. The third kappa shape index (κ3) is 4.38. The van der Waals surface area contributed by atoms with Crippen LogP contribution < -0.4 is 26.3 Å². The number of hydrogen-bond donors (Lipinski definition) is 3. The number of ether oxygens (including phenoxy) is 2. The Balaban J connectivity index is 2.61. The SMILES string of the molecule is COc1ccc(CCNCC(N)CN)c(OC)c1C. The molecule has 0 heterocycles. The maximum atomic E-state index is 5.74. The van der Waals surface area contributed by atoms with Crippen LogP contribution in [0.25, 0.3) is 0 Å². The minimum absolute atomic E-state index is 0.0134. The molecule has 0 bridgehead atoms. The number of hydrogen-bond acceptors (Lipinski definition) is 5. The predicted octanol–water partition coefficient (Wildman–Crippen LogP) is 0.430. The summed E-state index contributed by atoms with van der Waals surface area (Å²) in [5, 5.41) is 3.29. The van der Waals surface area contributed by atoms with Gasteiger partial charge in [0.2, 0.25) is 0 Å². The second kappa shape index (κ2) is 7.99. The van der Waals surface area contributed by atoms with Gasteiger partial charge in [-0.15, -0.1) is 0 Å². The van der Waals surface area contributed by atoms with E-state index >= 15 is 0 Å². The first-order valence-corrected chi connectivity index (χ1v) is 6.50. The molecule has 108 valence electrons. The third-order valence-corrected chi connectivity index (χ3v) is 3.14. The lowest BCUT2D eigenvalue weighted by atomic mass is 10.1. The van der Waals surface area contributed by atoms with Crippen molar-refractivity contribution in [2.45, 2.75) is 19.4 Å². The summed E-state index contributed by atoms with van der Waals surface area (Å²) >= 11 is 0. The van der Waals surface area contributed by atoms with Crippen LogP contribution in [0.3, 0.4) is 0 Å². The fraction of sp³-hybridized carbons (Fsp3) is 0.571. The van der Waals surface area contributed by atoms with Gasteiger partial charge in [0.15, 0.2) is 0 Å². The molecule has 5 nitrogen and oxygen atoms in total. The molecule has 0 amide bonds. The molecule has 0 aromatic heterocycles. The van der Waals surface area contributed by atoms with Gasteiger partial charge in [-0.2, -0.15) is 0 Å². The van der Waals surface area contributed by atoms with Crippen molar-refractivity contribution in [1.82, 2.24) is 5.32 Å². The van der Waals surface area contributed by atoms with Gasteiger partial charge in [-0.05, 0) is 31.5 Å². The standard InChI is InChI=1S/C14H25N3O2/c1-10-13(18-2)5-4-11(14(10)19-3)6-7-17-9-12(16)8-15/h4-5,12,17H,6-9,15-16H2,1-3H3. The van der Waals surface area contributed by atoms with Crippen LogP contribution in [-0.2, 0) is 6.42 Å². The molecule has 1 aromatic rings. The molecule has 0 radical (unpaired) electrons. The number of benzene rings is 1. The summed E-state index contributed by atoms with van der Waals surface area (Å²) in [5.74, 6) is 1.74. The zero-order valence-corrected chi connectivity index (χ0v) is 12.0. The average molecular weight is 267 g/mol. The quantitative estimate of drug-likeness (QED) is 0.595. The fourth-order valence-corrected chi connectivity index (χ4v) is 2.03. The lowest BCUT2D eigenvalue weighted by Crippen LogP contribution is -2.40. The second-order valence-corrected chi connectivity index (χ2v) is 4.54. The molecule has 0 aliphatic carbocycles. The molecular weight excluding hydrogens is 242 g/mol. The average Bonchev–Trinajstić information content (AvgIpc) is 2.43. The van der Waals surface area contributed by atoms with Crippen LogP contribution >= 0.6 is 0 Å². The molecule has 0 saturated carbocycles. The molecular formula is C14H25N3O2. The van der Waals surface area contributed by atoms with Gasteiger partial charge < -0.3 is 26.3 Å². The summed E-state index contributed by atoms with van der Waals surface area (Å²) < 4.78 is 10.8. The Labute approximate surface area is 115 Å². The highest BCUT2D eigenvalue weighted by atomic mass is 16.5. The van der Waals surface area contributed by atoms with Crippen molar-refractivity contribution in [3.05, 3.63) is 23.3 Å². The molecule has 1 unspecified atom stereocenters. The molecule has 1 rings (SSSR count). The van der Waals surface area contributed by atoms with Gasteiger partial charge in [0.1, 0.15) is 11.5 Å². The fourth-order valence-electron chi connectivity index (χ4n) is 2.03. The van der Waals surface area contributed by atoms with Crippen molar-refractivity contribution in [3.8, 4) is 11.5 Å². The summed E-state index contributed by atoms with van der Waals surface area (Å²) in [6, 6.07) is 4.02. The van der Waals surface area contributed by atoms with Gasteiger partial charge in [0, 0.05) is 24.7 Å². The first kappa shape index (κ1) is 15.8. The van der Waals surface area contributed by atoms with Crippen LogP contribution in [0, 0.1) is 6.92 Å². The Kier molecular flexibility index (Phi) is 6.62. The van der Waals surface area contributed by atoms with E-state index in [0.29, 0.717) is 6.54 Å². The molecule has 5 heteroatoms. The Morgan fingerprint density at radius 3 is 2.58 bits per heavy atom. The van der Waals surface area contributed by atoms with E-state index in [-0.39, 0.29) is 6.04 Å². The lowest BCUT2D eigenvalue weighted by molar-refractivity contribution is 0.385. The lowest BCUT2D eigenvalue weighted by Gasteiger charge is -2.15. The summed E-state index contributed by atoms with van der Waals surface area (Å²) in [5.41, 5.74) is 13.4. The maximum absolute atomic E-state index is 5.74. The van der Waals surface area contributed by atoms with Crippen molar-refractivity contribution >= 4 is 0 Å². The molecule has 0 spiro atoms. The van der Waals surface area contributed by atoms with E-state index in [2.05, 4.69) is 5.32 Å². The summed E-state index contributed by atoms with van der Waals surface area (Å²) in [7, 11) is 3.35. The molecule has 1 aromatic carbocycles. The minimum atomic E-state index is 0.0134. The number of nitrogens with two attached hydrogens (primary N) is 2. The van der Waals surface area contributed by atoms with Crippen molar-refractivity contribution in [2.24, 2.45) is 11.5 Å². The zero-order chi connectivity index (χ0) is 14.3. The van der Waals surface area contributed by atoms with Gasteiger partial charge >= 0.3 is 0 Å². The predicted molar refractivity (Wildman–Crippen MR) is 77.9 cm³/mol. The summed E-state index contributed by atoms with van der Waals surface area (Å²) in [6.45, 7) is 4.07. The monoisotopic (exact) mass is 267 g/mol. The highest BCUT2D eigenvalue weighted by molar-refractivity contribution is 5.49. The number of methoxy groups -OCH3 is 2. The van der Waals surface area contributed by atoms with E-state index in [1.54, 1.807) is 14.2 Å². The minimum Gasteiger partial charge on any atom is -0.496 e. The normalized spacial score (nSPS) is 12.3. The van der Waals surface area contributed by atoms with E-state index < -0.39 is 0 Å². The Morgan fingerprint density at radius 1 is 1.26 bits per heavy atom. The van der Waals surface area contributed by atoms with Gasteiger partial charge in [-0.1, -0.05) is 6.07 Å². The van der Waals surface area contributed by atoms with Crippen LogP contribution in [0.4, 0.5) is 0 Å². The van der Waals surface area contributed by atoms with Gasteiger partial charge in [0.25, 0.3) is 0 Å².